The zero-order chi connectivity index (χ0) is 13.5. The third-order valence-electron chi connectivity index (χ3n) is 2.47. The number of nitriles is 1. The molecule has 1 heterocycles. The van der Waals surface area contributed by atoms with Crippen molar-refractivity contribution in [3.8, 4) is 6.07 Å². The van der Waals surface area contributed by atoms with Gasteiger partial charge in [-0.1, -0.05) is 0 Å². The first-order chi connectivity index (χ1) is 8.60. The van der Waals surface area contributed by atoms with Crippen LogP contribution in [0, 0.1) is 21.4 Å². The molecule has 0 fully saturated rings. The Morgan fingerprint density at radius 2 is 2.33 bits per heavy atom. The molecule has 0 saturated heterocycles. The van der Waals surface area contributed by atoms with E-state index in [-0.39, 0.29) is 11.4 Å². The predicted molar refractivity (Wildman–Crippen MR) is 67.4 cm³/mol. The van der Waals surface area contributed by atoms with Crippen molar-refractivity contribution >= 4 is 11.5 Å². The fraction of sp³-hybridized carbons (Fsp3) is 0.455. The minimum absolute atomic E-state index is 0.155. The van der Waals surface area contributed by atoms with Gasteiger partial charge in [0.05, 0.1) is 4.92 Å². The quantitative estimate of drug-likeness (QED) is 0.457. The lowest BCUT2D eigenvalue weighted by atomic mass is 10.3. The van der Waals surface area contributed by atoms with Gasteiger partial charge in [0.25, 0.3) is 0 Å². The normalized spacial score (nSPS) is 9.83. The van der Waals surface area contributed by atoms with Crippen LogP contribution in [0.1, 0.15) is 12.1 Å². The highest BCUT2D eigenvalue weighted by Crippen LogP contribution is 2.19. The molecule has 1 N–H and O–H groups in total. The van der Waals surface area contributed by atoms with Crippen LogP contribution in [0.3, 0.4) is 0 Å². The highest BCUT2D eigenvalue weighted by molar-refractivity contribution is 5.51. The van der Waals surface area contributed by atoms with Crippen molar-refractivity contribution in [1.82, 2.24) is 10.3 Å². The maximum absolute atomic E-state index is 10.7. The molecule has 0 radical (unpaired) electrons. The number of aromatic nitrogens is 1. The van der Waals surface area contributed by atoms with Gasteiger partial charge in [-0.15, -0.1) is 0 Å². The summed E-state index contributed by atoms with van der Waals surface area (Å²) in [5.41, 5.74) is -0.414. The number of nitrogens with one attached hydrogen (secondary N) is 1. The number of anilines is 1. The molecule has 0 unspecified atom stereocenters. The molecule has 0 aliphatic rings. The number of nitrogens with zero attached hydrogens (tertiary/aromatic N) is 4. The van der Waals surface area contributed by atoms with Gasteiger partial charge in [0, 0.05) is 19.7 Å². The average molecular weight is 249 g/mol. The van der Waals surface area contributed by atoms with E-state index in [0.29, 0.717) is 5.82 Å². The molecule has 96 valence electrons. The van der Waals surface area contributed by atoms with E-state index in [1.54, 1.807) is 12.1 Å². The van der Waals surface area contributed by atoms with Crippen LogP contribution >= 0.6 is 0 Å². The van der Waals surface area contributed by atoms with Gasteiger partial charge < -0.3 is 10.2 Å². The SMILES string of the molecule is CNCCCN(C)c1ccc([N+](=O)[O-])c(C#N)n1. The van der Waals surface area contributed by atoms with Gasteiger partial charge in [-0.05, 0) is 26.1 Å². The maximum atomic E-state index is 10.7. The van der Waals surface area contributed by atoms with E-state index in [1.165, 1.54) is 6.07 Å². The lowest BCUT2D eigenvalue weighted by Gasteiger charge is -2.17. The smallest absolute Gasteiger partial charge is 0.305 e. The summed E-state index contributed by atoms with van der Waals surface area (Å²) in [5.74, 6) is 0.563. The van der Waals surface area contributed by atoms with Gasteiger partial charge in [0.1, 0.15) is 11.9 Å². The lowest BCUT2D eigenvalue weighted by Crippen LogP contribution is -2.23. The summed E-state index contributed by atoms with van der Waals surface area (Å²) < 4.78 is 0. The number of nitro groups is 1. The van der Waals surface area contributed by atoms with Crippen LogP contribution in [0.2, 0.25) is 0 Å². The minimum atomic E-state index is -0.601. The molecule has 1 aromatic heterocycles. The Morgan fingerprint density at radius 3 is 2.89 bits per heavy atom. The lowest BCUT2D eigenvalue weighted by molar-refractivity contribution is -0.385. The van der Waals surface area contributed by atoms with Crippen LogP contribution in [-0.2, 0) is 0 Å². The summed E-state index contributed by atoms with van der Waals surface area (Å²) in [5, 5.41) is 22.5. The maximum Gasteiger partial charge on any atom is 0.305 e. The molecule has 7 nitrogen and oxygen atoms in total. The molecular formula is C11H15N5O2. The molecule has 1 aromatic rings. The summed E-state index contributed by atoms with van der Waals surface area (Å²) in [6.45, 7) is 1.64. The molecular weight excluding hydrogens is 234 g/mol. The van der Waals surface area contributed by atoms with Crippen LogP contribution in [0.15, 0.2) is 12.1 Å². The number of rotatable bonds is 6. The molecule has 0 aromatic carbocycles. The second-order valence-electron chi connectivity index (χ2n) is 3.78. The number of hydrogen-bond donors (Lipinski definition) is 1. The Labute approximate surface area is 105 Å². The van der Waals surface area contributed by atoms with Crippen LogP contribution in [0.5, 0.6) is 0 Å². The summed E-state index contributed by atoms with van der Waals surface area (Å²) in [6, 6.07) is 4.62. The Kier molecular flexibility index (Phi) is 5.02. The molecule has 7 heteroatoms. The second-order valence-corrected chi connectivity index (χ2v) is 3.78. The molecule has 0 spiro atoms. The average Bonchev–Trinajstić information content (AvgIpc) is 2.37. The molecule has 0 aliphatic heterocycles. The first-order valence-electron chi connectivity index (χ1n) is 5.51. The van der Waals surface area contributed by atoms with Crippen LogP contribution in [0.25, 0.3) is 0 Å². The molecule has 18 heavy (non-hydrogen) atoms. The van der Waals surface area contributed by atoms with Crippen molar-refractivity contribution in [3.05, 3.63) is 27.9 Å². The highest BCUT2D eigenvalue weighted by Gasteiger charge is 2.16. The Hall–Kier alpha value is -2.20. The zero-order valence-corrected chi connectivity index (χ0v) is 10.4. The molecule has 0 aliphatic carbocycles. The van der Waals surface area contributed by atoms with E-state index in [2.05, 4.69) is 10.3 Å². The van der Waals surface area contributed by atoms with Crippen molar-refractivity contribution in [2.45, 2.75) is 6.42 Å². The van der Waals surface area contributed by atoms with E-state index in [1.807, 2.05) is 19.0 Å². The van der Waals surface area contributed by atoms with Crippen molar-refractivity contribution in [3.63, 3.8) is 0 Å². The monoisotopic (exact) mass is 249 g/mol. The summed E-state index contributed by atoms with van der Waals surface area (Å²) in [4.78, 5) is 15.9. The summed E-state index contributed by atoms with van der Waals surface area (Å²) in [7, 11) is 3.71. The van der Waals surface area contributed by atoms with Crippen molar-refractivity contribution in [2.24, 2.45) is 0 Å². The van der Waals surface area contributed by atoms with E-state index in [0.717, 1.165) is 19.5 Å². The summed E-state index contributed by atoms with van der Waals surface area (Å²) in [6.07, 6.45) is 0.924. The Morgan fingerprint density at radius 1 is 1.61 bits per heavy atom. The van der Waals surface area contributed by atoms with Crippen molar-refractivity contribution in [1.29, 1.82) is 5.26 Å². The number of pyridine rings is 1. The third kappa shape index (κ3) is 3.40. The standard InChI is InChI=1S/C11H15N5O2/c1-13-6-3-7-15(2)11-5-4-10(16(17)18)9(8-12)14-11/h4-5,13H,3,6-7H2,1-2H3. The minimum Gasteiger partial charge on any atom is -0.360 e. The van der Waals surface area contributed by atoms with Gasteiger partial charge in [-0.3, -0.25) is 10.1 Å². The van der Waals surface area contributed by atoms with Crippen LogP contribution in [0.4, 0.5) is 11.5 Å². The number of hydrogen-bond acceptors (Lipinski definition) is 6. The molecule has 0 bridgehead atoms. The van der Waals surface area contributed by atoms with Gasteiger partial charge >= 0.3 is 5.69 Å². The highest BCUT2D eigenvalue weighted by atomic mass is 16.6. The van der Waals surface area contributed by atoms with E-state index in [4.69, 9.17) is 5.26 Å². The van der Waals surface area contributed by atoms with Crippen molar-refractivity contribution in [2.75, 3.05) is 32.1 Å². The molecule has 0 amide bonds. The summed E-state index contributed by atoms with van der Waals surface area (Å²) >= 11 is 0. The predicted octanol–water partition coefficient (Wildman–Crippen LogP) is 0.907. The fourth-order valence-electron chi connectivity index (χ4n) is 1.49. The van der Waals surface area contributed by atoms with Gasteiger partial charge in [-0.25, -0.2) is 4.98 Å². The Bertz CT molecular complexity index is 469. The van der Waals surface area contributed by atoms with Gasteiger partial charge in [0.15, 0.2) is 0 Å². The molecule has 1 rings (SSSR count). The largest absolute Gasteiger partial charge is 0.360 e. The van der Waals surface area contributed by atoms with Gasteiger partial charge in [-0.2, -0.15) is 5.26 Å². The zero-order valence-electron chi connectivity index (χ0n) is 10.4. The Balaban J connectivity index is 2.85. The van der Waals surface area contributed by atoms with Crippen LogP contribution in [-0.4, -0.2) is 37.1 Å². The van der Waals surface area contributed by atoms with E-state index < -0.39 is 4.92 Å². The van der Waals surface area contributed by atoms with Crippen molar-refractivity contribution < 1.29 is 4.92 Å². The van der Waals surface area contributed by atoms with E-state index in [9.17, 15) is 10.1 Å². The molecule has 0 saturated carbocycles. The van der Waals surface area contributed by atoms with Gasteiger partial charge in [0.2, 0.25) is 5.69 Å². The third-order valence-corrected chi connectivity index (χ3v) is 2.47. The fourth-order valence-corrected chi connectivity index (χ4v) is 1.49. The first kappa shape index (κ1) is 13.9. The van der Waals surface area contributed by atoms with Crippen LogP contribution < -0.4 is 10.2 Å². The van der Waals surface area contributed by atoms with E-state index >= 15 is 0 Å². The topological polar surface area (TPSA) is 95.1 Å². The second kappa shape index (κ2) is 6.51. The first-order valence-corrected chi connectivity index (χ1v) is 5.51. The molecule has 0 atom stereocenters.